The van der Waals surface area contributed by atoms with Crippen LogP contribution in [0.15, 0.2) is 47.0 Å². The maximum Gasteiger partial charge on any atom is 0.330 e. The lowest BCUT2D eigenvalue weighted by atomic mass is 10.0. The van der Waals surface area contributed by atoms with Crippen molar-refractivity contribution in [3.8, 4) is 17.1 Å². The standard InChI is InChI=1S/C22H21FN4O5/c23-16-6-3-13(4-7-16)20-25-18(32-27-20)2-1-10-24-22(30)26-19(21(28)29)15-5-8-17-14(12-15)9-11-31-17/h3-8,12,19H,1-2,9-11H2,(H,28,29)(H2,24,26,30). The molecule has 1 aliphatic heterocycles. The summed E-state index contributed by atoms with van der Waals surface area (Å²) in [5, 5.41) is 18.5. The van der Waals surface area contributed by atoms with Crippen LogP contribution in [0.3, 0.4) is 0 Å². The Morgan fingerprint density at radius 2 is 2.00 bits per heavy atom. The van der Waals surface area contributed by atoms with Crippen LogP contribution >= 0.6 is 0 Å². The van der Waals surface area contributed by atoms with Gasteiger partial charge in [0.2, 0.25) is 11.7 Å². The number of fused-ring (bicyclic) bond motifs is 1. The number of nitrogens with one attached hydrogen (secondary N) is 2. The molecule has 32 heavy (non-hydrogen) atoms. The Labute approximate surface area is 182 Å². The van der Waals surface area contributed by atoms with E-state index in [2.05, 4.69) is 20.8 Å². The Morgan fingerprint density at radius 3 is 2.78 bits per heavy atom. The normalized spacial score (nSPS) is 13.2. The third-order valence-corrected chi connectivity index (χ3v) is 4.99. The van der Waals surface area contributed by atoms with E-state index in [1.165, 1.54) is 12.1 Å². The number of carboxylic acids is 1. The molecule has 3 N–H and O–H groups in total. The zero-order valence-corrected chi connectivity index (χ0v) is 17.0. The smallest absolute Gasteiger partial charge is 0.330 e. The average Bonchev–Trinajstić information content (AvgIpc) is 3.44. The summed E-state index contributed by atoms with van der Waals surface area (Å²) >= 11 is 0. The number of aromatic nitrogens is 2. The molecule has 0 spiro atoms. The van der Waals surface area contributed by atoms with Crippen molar-refractivity contribution in [2.24, 2.45) is 0 Å². The third kappa shape index (κ3) is 5.02. The zero-order valence-electron chi connectivity index (χ0n) is 17.0. The number of ether oxygens (including phenoxy) is 1. The Morgan fingerprint density at radius 1 is 1.19 bits per heavy atom. The molecule has 0 fully saturated rings. The number of urea groups is 1. The summed E-state index contributed by atoms with van der Waals surface area (Å²) in [6.45, 7) is 0.848. The van der Waals surface area contributed by atoms with Crippen LogP contribution in [0, 0.1) is 5.82 Å². The number of hydrogen-bond donors (Lipinski definition) is 3. The van der Waals surface area contributed by atoms with Gasteiger partial charge in [0.15, 0.2) is 6.04 Å². The summed E-state index contributed by atoms with van der Waals surface area (Å²) in [6.07, 6.45) is 1.63. The monoisotopic (exact) mass is 440 g/mol. The minimum absolute atomic E-state index is 0.282. The quantitative estimate of drug-likeness (QED) is 0.460. The number of rotatable bonds is 8. The van der Waals surface area contributed by atoms with Gasteiger partial charge in [-0.1, -0.05) is 11.2 Å². The number of hydrogen-bond acceptors (Lipinski definition) is 6. The van der Waals surface area contributed by atoms with Gasteiger partial charge in [-0.25, -0.2) is 14.0 Å². The highest BCUT2D eigenvalue weighted by molar-refractivity contribution is 5.83. The van der Waals surface area contributed by atoms with Gasteiger partial charge in [0.25, 0.3) is 0 Å². The van der Waals surface area contributed by atoms with Crippen LogP contribution in [0.5, 0.6) is 5.75 Å². The van der Waals surface area contributed by atoms with Crippen molar-refractivity contribution in [2.45, 2.75) is 25.3 Å². The number of benzene rings is 2. The predicted molar refractivity (Wildman–Crippen MR) is 111 cm³/mol. The van der Waals surface area contributed by atoms with Gasteiger partial charge in [0, 0.05) is 24.9 Å². The van der Waals surface area contributed by atoms with Crippen LogP contribution in [-0.2, 0) is 17.6 Å². The number of carbonyl (C=O) groups excluding carboxylic acids is 1. The van der Waals surface area contributed by atoms with Crippen molar-refractivity contribution >= 4 is 12.0 Å². The zero-order chi connectivity index (χ0) is 22.5. The minimum Gasteiger partial charge on any atom is -0.493 e. The lowest BCUT2D eigenvalue weighted by Crippen LogP contribution is -2.41. The van der Waals surface area contributed by atoms with Gasteiger partial charge in [0.1, 0.15) is 11.6 Å². The first kappa shape index (κ1) is 21.3. The van der Waals surface area contributed by atoms with Crippen LogP contribution in [-0.4, -0.2) is 40.4 Å². The molecule has 2 amide bonds. The summed E-state index contributed by atoms with van der Waals surface area (Å²) in [5.41, 5.74) is 2.04. The summed E-state index contributed by atoms with van der Waals surface area (Å²) in [6, 6.07) is 9.09. The van der Waals surface area contributed by atoms with E-state index < -0.39 is 18.0 Å². The van der Waals surface area contributed by atoms with Crippen molar-refractivity contribution in [3.63, 3.8) is 0 Å². The van der Waals surface area contributed by atoms with Gasteiger partial charge in [0.05, 0.1) is 6.61 Å². The molecule has 10 heteroatoms. The number of carboxylic acid groups (broad SMARTS) is 1. The molecule has 0 saturated heterocycles. The largest absolute Gasteiger partial charge is 0.493 e. The van der Waals surface area contributed by atoms with Gasteiger partial charge < -0.3 is 25.0 Å². The molecule has 2 heterocycles. The Bertz CT molecular complexity index is 1120. The number of aliphatic carboxylic acids is 1. The number of amides is 2. The number of nitrogens with zero attached hydrogens (tertiary/aromatic N) is 2. The minimum atomic E-state index is -1.17. The molecule has 3 aromatic rings. The van der Waals surface area contributed by atoms with Crippen LogP contribution in [0.2, 0.25) is 0 Å². The molecule has 4 rings (SSSR count). The number of aryl methyl sites for hydroxylation is 1. The van der Waals surface area contributed by atoms with Gasteiger partial charge in [-0.3, -0.25) is 0 Å². The average molecular weight is 440 g/mol. The second-order valence-electron chi connectivity index (χ2n) is 7.26. The first-order chi connectivity index (χ1) is 15.5. The first-order valence-corrected chi connectivity index (χ1v) is 10.1. The van der Waals surface area contributed by atoms with Crippen LogP contribution in [0.1, 0.15) is 29.5 Å². The van der Waals surface area contributed by atoms with Gasteiger partial charge in [-0.2, -0.15) is 4.98 Å². The SMILES string of the molecule is O=C(NCCCc1nc(-c2ccc(F)cc2)no1)NC(C(=O)O)c1ccc2c(c1)CCO2. The van der Waals surface area contributed by atoms with Crippen molar-refractivity contribution in [3.05, 3.63) is 65.3 Å². The van der Waals surface area contributed by atoms with Crippen LogP contribution in [0.4, 0.5) is 9.18 Å². The van der Waals surface area contributed by atoms with Gasteiger partial charge >= 0.3 is 12.0 Å². The second kappa shape index (κ2) is 9.46. The van der Waals surface area contributed by atoms with E-state index in [1.807, 2.05) is 0 Å². The maximum atomic E-state index is 13.0. The van der Waals surface area contributed by atoms with Crippen molar-refractivity contribution < 1.29 is 28.3 Å². The number of halogens is 1. The van der Waals surface area contributed by atoms with E-state index in [-0.39, 0.29) is 12.4 Å². The van der Waals surface area contributed by atoms with Crippen molar-refractivity contribution in [1.82, 2.24) is 20.8 Å². The molecule has 9 nitrogen and oxygen atoms in total. The molecular weight excluding hydrogens is 419 g/mol. The molecule has 0 bridgehead atoms. The van der Waals surface area contributed by atoms with Crippen molar-refractivity contribution in [2.75, 3.05) is 13.2 Å². The predicted octanol–water partition coefficient (Wildman–Crippen LogP) is 2.87. The molecule has 0 radical (unpaired) electrons. The topological polar surface area (TPSA) is 127 Å². The molecule has 0 aliphatic carbocycles. The maximum absolute atomic E-state index is 13.0. The van der Waals surface area contributed by atoms with Crippen LogP contribution in [0.25, 0.3) is 11.4 Å². The Balaban J connectivity index is 1.25. The molecule has 1 atom stereocenters. The highest BCUT2D eigenvalue weighted by Gasteiger charge is 2.24. The molecule has 0 saturated carbocycles. The van der Waals surface area contributed by atoms with Gasteiger partial charge in [-0.05, 0) is 53.9 Å². The third-order valence-electron chi connectivity index (χ3n) is 4.99. The molecule has 166 valence electrons. The molecule has 1 unspecified atom stereocenters. The summed E-state index contributed by atoms with van der Waals surface area (Å²) in [4.78, 5) is 28.1. The fraction of sp³-hybridized carbons (Fsp3) is 0.273. The molecule has 2 aromatic carbocycles. The lowest BCUT2D eigenvalue weighted by molar-refractivity contribution is -0.139. The molecular formula is C22H21FN4O5. The summed E-state index contributed by atoms with van der Waals surface area (Å²) in [5.74, 6) is -0.0219. The molecule has 1 aliphatic rings. The van der Waals surface area contributed by atoms with E-state index in [4.69, 9.17) is 9.26 Å². The highest BCUT2D eigenvalue weighted by Crippen LogP contribution is 2.28. The molecule has 1 aromatic heterocycles. The highest BCUT2D eigenvalue weighted by atomic mass is 19.1. The van der Waals surface area contributed by atoms with Crippen molar-refractivity contribution in [1.29, 1.82) is 0 Å². The Kier molecular flexibility index (Phi) is 6.29. The lowest BCUT2D eigenvalue weighted by Gasteiger charge is -2.16. The Hall–Kier alpha value is -3.95. The fourth-order valence-electron chi connectivity index (χ4n) is 3.37. The van der Waals surface area contributed by atoms with E-state index >= 15 is 0 Å². The summed E-state index contributed by atoms with van der Waals surface area (Å²) in [7, 11) is 0. The fourth-order valence-corrected chi connectivity index (χ4v) is 3.37. The second-order valence-corrected chi connectivity index (χ2v) is 7.26. The van der Waals surface area contributed by atoms with E-state index in [9.17, 15) is 19.1 Å². The van der Waals surface area contributed by atoms with Crippen LogP contribution < -0.4 is 15.4 Å². The summed E-state index contributed by atoms with van der Waals surface area (Å²) < 4.78 is 23.6. The van der Waals surface area contributed by atoms with E-state index in [0.717, 1.165) is 11.3 Å². The van der Waals surface area contributed by atoms with Gasteiger partial charge in [-0.15, -0.1) is 0 Å². The first-order valence-electron chi connectivity index (χ1n) is 10.1. The van der Waals surface area contributed by atoms with E-state index in [0.29, 0.717) is 48.7 Å². The number of carbonyl (C=O) groups is 2. The van der Waals surface area contributed by atoms with E-state index in [1.54, 1.807) is 30.3 Å².